The van der Waals surface area contributed by atoms with Gasteiger partial charge in [-0.05, 0) is 54.8 Å². The van der Waals surface area contributed by atoms with Crippen LogP contribution in [-0.4, -0.2) is 34.2 Å². The lowest BCUT2D eigenvalue weighted by Gasteiger charge is -2.23. The van der Waals surface area contributed by atoms with Gasteiger partial charge in [-0.15, -0.1) is 0 Å². The van der Waals surface area contributed by atoms with E-state index >= 15 is 0 Å². The molecule has 0 saturated heterocycles. The lowest BCUT2D eigenvalue weighted by atomic mass is 10.1. The van der Waals surface area contributed by atoms with Crippen molar-refractivity contribution in [1.29, 1.82) is 0 Å². The molecule has 0 spiro atoms. The number of carbonyl (C=O) groups is 1. The van der Waals surface area contributed by atoms with Crippen LogP contribution in [0.2, 0.25) is 0 Å². The second-order valence-corrected chi connectivity index (χ2v) is 8.39. The number of hydrogen-bond donors (Lipinski definition) is 1. The molecule has 0 fully saturated rings. The molecule has 1 amide bonds. The second kappa shape index (κ2) is 8.90. The van der Waals surface area contributed by atoms with Crippen LogP contribution >= 0.6 is 0 Å². The molecule has 7 heteroatoms. The average molecular weight is 391 g/mol. The lowest BCUT2D eigenvalue weighted by molar-refractivity contribution is -0.121. The number of carbonyl (C=O) groups excluding carboxylic acids is 1. The number of ether oxygens (including phenoxy) is 1. The van der Waals surface area contributed by atoms with E-state index in [1.807, 2.05) is 50.2 Å². The van der Waals surface area contributed by atoms with Crippen LogP contribution in [0.5, 0.6) is 5.75 Å². The number of nitrogens with one attached hydrogen (secondary N) is 1. The molecule has 0 aliphatic carbocycles. The number of aryl methyl sites for hydroxylation is 2. The van der Waals surface area contributed by atoms with Crippen molar-refractivity contribution < 1.29 is 17.9 Å². The quantitative estimate of drug-likeness (QED) is 0.752. The van der Waals surface area contributed by atoms with Gasteiger partial charge in [0.1, 0.15) is 5.75 Å². The molecular formula is C20H26N2O4S. The number of rotatable bonds is 8. The summed E-state index contributed by atoms with van der Waals surface area (Å²) in [4.78, 5) is 12.2. The molecule has 0 aliphatic heterocycles. The highest BCUT2D eigenvalue weighted by atomic mass is 32.2. The van der Waals surface area contributed by atoms with E-state index in [9.17, 15) is 13.2 Å². The molecule has 0 aromatic heterocycles. The van der Waals surface area contributed by atoms with Crippen LogP contribution < -0.4 is 14.4 Å². The zero-order chi connectivity index (χ0) is 20.0. The van der Waals surface area contributed by atoms with E-state index in [0.29, 0.717) is 12.2 Å². The molecule has 2 aromatic carbocycles. The molecule has 0 unspecified atom stereocenters. The Morgan fingerprint density at radius 3 is 2.30 bits per heavy atom. The van der Waals surface area contributed by atoms with E-state index in [-0.39, 0.29) is 18.9 Å². The van der Waals surface area contributed by atoms with E-state index in [0.717, 1.165) is 28.7 Å². The highest BCUT2D eigenvalue weighted by molar-refractivity contribution is 7.92. The van der Waals surface area contributed by atoms with Gasteiger partial charge in [0.2, 0.25) is 15.9 Å². The highest BCUT2D eigenvalue weighted by Crippen LogP contribution is 2.21. The lowest BCUT2D eigenvalue weighted by Crippen LogP contribution is -2.34. The summed E-state index contributed by atoms with van der Waals surface area (Å²) in [6.45, 7) is 4.37. The Morgan fingerprint density at radius 2 is 1.74 bits per heavy atom. The standard InChI is InChI=1S/C20H26N2O4S/c1-15-5-8-18(13-16(15)2)22(27(4,24)25)12-11-20(23)21-14-17-6-9-19(26-3)10-7-17/h5-10,13H,11-12,14H2,1-4H3,(H,21,23). The number of methoxy groups -OCH3 is 1. The fraction of sp³-hybridized carbons (Fsp3) is 0.350. The second-order valence-electron chi connectivity index (χ2n) is 6.48. The first kappa shape index (κ1) is 20.8. The number of amides is 1. The van der Waals surface area contributed by atoms with Gasteiger partial charge < -0.3 is 10.1 Å². The Kier molecular flexibility index (Phi) is 6.85. The minimum atomic E-state index is -3.48. The van der Waals surface area contributed by atoms with Crippen molar-refractivity contribution in [1.82, 2.24) is 5.32 Å². The van der Waals surface area contributed by atoms with Crippen LogP contribution in [0.4, 0.5) is 5.69 Å². The fourth-order valence-corrected chi connectivity index (χ4v) is 3.52. The van der Waals surface area contributed by atoms with Crippen molar-refractivity contribution in [2.24, 2.45) is 0 Å². The normalized spacial score (nSPS) is 11.1. The highest BCUT2D eigenvalue weighted by Gasteiger charge is 2.19. The first-order valence-corrected chi connectivity index (χ1v) is 10.5. The van der Waals surface area contributed by atoms with Crippen LogP contribution in [0.1, 0.15) is 23.1 Å². The number of hydrogen-bond acceptors (Lipinski definition) is 4. The van der Waals surface area contributed by atoms with Gasteiger partial charge in [-0.3, -0.25) is 9.10 Å². The molecule has 1 N–H and O–H groups in total. The van der Waals surface area contributed by atoms with Crippen molar-refractivity contribution >= 4 is 21.6 Å². The summed E-state index contributed by atoms with van der Waals surface area (Å²) in [7, 11) is -1.88. The largest absolute Gasteiger partial charge is 0.497 e. The molecular weight excluding hydrogens is 364 g/mol. The van der Waals surface area contributed by atoms with E-state index < -0.39 is 10.0 Å². The summed E-state index contributed by atoms with van der Waals surface area (Å²) in [5.41, 5.74) is 3.61. The monoisotopic (exact) mass is 390 g/mol. The fourth-order valence-electron chi connectivity index (χ4n) is 2.60. The Morgan fingerprint density at radius 1 is 1.07 bits per heavy atom. The van der Waals surface area contributed by atoms with Gasteiger partial charge in [0.05, 0.1) is 19.1 Å². The Hall–Kier alpha value is -2.54. The molecule has 0 atom stereocenters. The molecule has 0 radical (unpaired) electrons. The molecule has 6 nitrogen and oxygen atoms in total. The predicted molar refractivity (Wildman–Crippen MR) is 108 cm³/mol. The summed E-state index contributed by atoms with van der Waals surface area (Å²) in [5.74, 6) is 0.547. The Bertz CT molecular complexity index is 893. The molecule has 2 aromatic rings. The third-order valence-corrected chi connectivity index (χ3v) is 5.56. The predicted octanol–water partition coefficient (Wildman–Crippen LogP) is 2.78. The minimum absolute atomic E-state index is 0.0795. The van der Waals surface area contributed by atoms with Crippen LogP contribution in [-0.2, 0) is 21.4 Å². The number of anilines is 1. The van der Waals surface area contributed by atoms with Crippen molar-refractivity contribution in [3.63, 3.8) is 0 Å². The third kappa shape index (κ3) is 5.99. The van der Waals surface area contributed by atoms with E-state index in [4.69, 9.17) is 4.74 Å². The Balaban J connectivity index is 1.97. The van der Waals surface area contributed by atoms with Crippen LogP contribution in [0.15, 0.2) is 42.5 Å². The van der Waals surface area contributed by atoms with E-state index in [1.54, 1.807) is 13.2 Å². The van der Waals surface area contributed by atoms with Crippen LogP contribution in [0.3, 0.4) is 0 Å². The summed E-state index contributed by atoms with van der Waals surface area (Å²) < 4.78 is 30.7. The SMILES string of the molecule is COc1ccc(CNC(=O)CCN(c2ccc(C)c(C)c2)S(C)(=O)=O)cc1. The van der Waals surface area contributed by atoms with Crippen LogP contribution in [0, 0.1) is 13.8 Å². The molecule has 0 saturated carbocycles. The van der Waals surface area contributed by atoms with Crippen molar-refractivity contribution in [2.45, 2.75) is 26.8 Å². The maximum absolute atomic E-state index is 12.2. The topological polar surface area (TPSA) is 75.7 Å². The number of nitrogens with zero attached hydrogens (tertiary/aromatic N) is 1. The van der Waals surface area contributed by atoms with Gasteiger partial charge in [-0.1, -0.05) is 18.2 Å². The molecule has 0 aliphatic rings. The summed E-state index contributed by atoms with van der Waals surface area (Å²) in [6, 6.07) is 12.9. The van der Waals surface area contributed by atoms with Gasteiger partial charge in [0.25, 0.3) is 0 Å². The average Bonchev–Trinajstić information content (AvgIpc) is 2.62. The first-order valence-electron chi connectivity index (χ1n) is 8.65. The van der Waals surface area contributed by atoms with Gasteiger partial charge in [-0.2, -0.15) is 0 Å². The molecule has 2 rings (SSSR count). The van der Waals surface area contributed by atoms with E-state index in [1.165, 1.54) is 4.31 Å². The van der Waals surface area contributed by atoms with Gasteiger partial charge >= 0.3 is 0 Å². The Labute approximate surface area is 161 Å². The van der Waals surface area contributed by atoms with Gasteiger partial charge in [0, 0.05) is 19.5 Å². The number of sulfonamides is 1. The van der Waals surface area contributed by atoms with Crippen molar-refractivity contribution in [3.8, 4) is 5.75 Å². The molecule has 0 heterocycles. The van der Waals surface area contributed by atoms with Crippen molar-refractivity contribution in [3.05, 3.63) is 59.2 Å². The van der Waals surface area contributed by atoms with Gasteiger partial charge in [0.15, 0.2) is 0 Å². The maximum Gasteiger partial charge on any atom is 0.232 e. The smallest absolute Gasteiger partial charge is 0.232 e. The zero-order valence-electron chi connectivity index (χ0n) is 16.2. The summed E-state index contributed by atoms with van der Waals surface area (Å²) >= 11 is 0. The zero-order valence-corrected chi connectivity index (χ0v) is 17.0. The molecule has 0 bridgehead atoms. The molecule has 146 valence electrons. The summed E-state index contributed by atoms with van der Waals surface area (Å²) in [6.07, 6.45) is 1.23. The minimum Gasteiger partial charge on any atom is -0.497 e. The third-order valence-electron chi connectivity index (χ3n) is 4.37. The van der Waals surface area contributed by atoms with Gasteiger partial charge in [-0.25, -0.2) is 8.42 Å². The maximum atomic E-state index is 12.2. The van der Waals surface area contributed by atoms with Crippen LogP contribution in [0.25, 0.3) is 0 Å². The molecule has 27 heavy (non-hydrogen) atoms. The van der Waals surface area contributed by atoms with E-state index in [2.05, 4.69) is 5.32 Å². The summed E-state index contributed by atoms with van der Waals surface area (Å²) in [5, 5.41) is 2.81. The number of benzene rings is 2. The van der Waals surface area contributed by atoms with Crippen molar-refractivity contribution in [2.75, 3.05) is 24.2 Å². The first-order chi connectivity index (χ1) is 12.7.